The van der Waals surface area contributed by atoms with Crippen molar-refractivity contribution in [3.63, 3.8) is 0 Å². The number of benzene rings is 2. The van der Waals surface area contributed by atoms with Gasteiger partial charge < -0.3 is 4.74 Å². The second-order valence-corrected chi connectivity index (χ2v) is 6.36. The number of allylic oxidation sites excluding steroid dienone is 1. The Morgan fingerprint density at radius 3 is 2.29 bits per heavy atom. The summed E-state index contributed by atoms with van der Waals surface area (Å²) < 4.78 is 19.1. The molecule has 0 unspecified atom stereocenters. The molecule has 0 bridgehead atoms. The molecule has 0 saturated carbocycles. The summed E-state index contributed by atoms with van der Waals surface area (Å²) in [5.74, 6) is -0.340. The van der Waals surface area contributed by atoms with E-state index in [2.05, 4.69) is 0 Å². The van der Waals surface area contributed by atoms with Crippen LogP contribution in [0.1, 0.15) is 31.9 Å². The lowest BCUT2D eigenvalue weighted by molar-refractivity contribution is -0.142. The molecule has 0 aliphatic rings. The standard InChI is InChI=1S/C20H18FNO2/c1-20(2,3)19(23)24-16-10-8-14(9-11-16)12-15(13-22)17-6-4-5-7-18(17)21/h4-12H,1-3H3/b15-12-. The van der Waals surface area contributed by atoms with Crippen LogP contribution in [0, 0.1) is 22.6 Å². The summed E-state index contributed by atoms with van der Waals surface area (Å²) in [5, 5.41) is 9.27. The molecule has 0 amide bonds. The molecule has 0 spiro atoms. The minimum Gasteiger partial charge on any atom is -0.426 e. The van der Waals surface area contributed by atoms with E-state index in [-0.39, 0.29) is 17.1 Å². The Kier molecular flexibility index (Phi) is 5.15. The third kappa shape index (κ3) is 4.30. The highest BCUT2D eigenvalue weighted by Crippen LogP contribution is 2.23. The molecule has 0 aliphatic carbocycles. The average molecular weight is 323 g/mol. The zero-order valence-electron chi connectivity index (χ0n) is 13.8. The summed E-state index contributed by atoms with van der Waals surface area (Å²) in [4.78, 5) is 11.8. The molecule has 24 heavy (non-hydrogen) atoms. The van der Waals surface area contributed by atoms with Gasteiger partial charge in [0.05, 0.1) is 17.1 Å². The van der Waals surface area contributed by atoms with Gasteiger partial charge in [0.2, 0.25) is 0 Å². The smallest absolute Gasteiger partial charge is 0.316 e. The predicted octanol–water partition coefficient (Wildman–Crippen LogP) is 4.84. The Bertz CT molecular complexity index is 809. The Morgan fingerprint density at radius 2 is 1.75 bits per heavy atom. The highest BCUT2D eigenvalue weighted by molar-refractivity contribution is 5.89. The van der Waals surface area contributed by atoms with Crippen LogP contribution in [-0.4, -0.2) is 5.97 Å². The summed E-state index contributed by atoms with van der Waals surface area (Å²) in [6, 6.07) is 14.9. The maximum absolute atomic E-state index is 13.8. The third-order valence-electron chi connectivity index (χ3n) is 3.30. The molecule has 0 atom stereocenters. The molecule has 0 radical (unpaired) electrons. The summed E-state index contributed by atoms with van der Waals surface area (Å²) in [6.07, 6.45) is 1.59. The number of nitriles is 1. The number of rotatable bonds is 3. The van der Waals surface area contributed by atoms with E-state index in [4.69, 9.17) is 4.74 Å². The molecule has 4 heteroatoms. The molecule has 0 aliphatic heterocycles. The summed E-state index contributed by atoms with van der Waals surface area (Å²) in [7, 11) is 0. The normalized spacial score (nSPS) is 11.7. The molecule has 0 saturated heterocycles. The summed E-state index contributed by atoms with van der Waals surface area (Å²) in [5.41, 5.74) is 0.610. The minimum absolute atomic E-state index is 0.229. The monoisotopic (exact) mass is 323 g/mol. The first-order chi connectivity index (χ1) is 11.3. The van der Waals surface area contributed by atoms with E-state index >= 15 is 0 Å². The zero-order chi connectivity index (χ0) is 17.7. The third-order valence-corrected chi connectivity index (χ3v) is 3.30. The summed E-state index contributed by atoms with van der Waals surface area (Å²) in [6.45, 7) is 5.33. The molecule has 2 rings (SSSR count). The van der Waals surface area contributed by atoms with Crippen LogP contribution in [0.2, 0.25) is 0 Å². The number of esters is 1. The van der Waals surface area contributed by atoms with Gasteiger partial charge in [-0.2, -0.15) is 5.26 Å². The van der Waals surface area contributed by atoms with Crippen molar-refractivity contribution in [2.75, 3.05) is 0 Å². The Morgan fingerprint density at radius 1 is 1.12 bits per heavy atom. The van der Waals surface area contributed by atoms with Crippen molar-refractivity contribution in [3.8, 4) is 11.8 Å². The molecule has 0 aromatic heterocycles. The number of ether oxygens (including phenoxy) is 1. The van der Waals surface area contributed by atoms with Gasteiger partial charge in [-0.25, -0.2) is 4.39 Å². The molecule has 2 aromatic rings. The van der Waals surface area contributed by atoms with Crippen LogP contribution in [0.4, 0.5) is 4.39 Å². The lowest BCUT2D eigenvalue weighted by Crippen LogP contribution is -2.25. The molecule has 122 valence electrons. The van der Waals surface area contributed by atoms with Crippen LogP contribution >= 0.6 is 0 Å². The zero-order valence-corrected chi connectivity index (χ0v) is 13.8. The van der Waals surface area contributed by atoms with Gasteiger partial charge in [0, 0.05) is 5.56 Å². The van der Waals surface area contributed by atoms with Crippen molar-refractivity contribution in [1.82, 2.24) is 0 Å². The van der Waals surface area contributed by atoms with Crippen molar-refractivity contribution >= 4 is 17.6 Å². The minimum atomic E-state index is -0.586. The highest BCUT2D eigenvalue weighted by Gasteiger charge is 2.23. The lowest BCUT2D eigenvalue weighted by Gasteiger charge is -2.16. The molecule has 0 heterocycles. The van der Waals surface area contributed by atoms with E-state index in [1.165, 1.54) is 6.07 Å². The number of hydrogen-bond acceptors (Lipinski definition) is 3. The number of hydrogen-bond donors (Lipinski definition) is 0. The maximum Gasteiger partial charge on any atom is 0.316 e. The van der Waals surface area contributed by atoms with Crippen LogP contribution in [0.25, 0.3) is 11.6 Å². The van der Waals surface area contributed by atoms with Crippen molar-refractivity contribution in [2.24, 2.45) is 5.41 Å². The summed E-state index contributed by atoms with van der Waals surface area (Å²) >= 11 is 0. The van der Waals surface area contributed by atoms with Crippen LogP contribution < -0.4 is 4.74 Å². The van der Waals surface area contributed by atoms with Crippen LogP contribution in [0.5, 0.6) is 5.75 Å². The van der Waals surface area contributed by atoms with Gasteiger partial charge in [-0.3, -0.25) is 4.79 Å². The van der Waals surface area contributed by atoms with E-state index in [0.717, 1.165) is 0 Å². The quantitative estimate of drug-likeness (QED) is 0.351. The van der Waals surface area contributed by atoms with E-state index in [1.807, 2.05) is 6.07 Å². The Hall–Kier alpha value is -2.93. The number of halogens is 1. The topological polar surface area (TPSA) is 50.1 Å². The Balaban J connectivity index is 2.23. The first-order valence-corrected chi connectivity index (χ1v) is 7.50. The van der Waals surface area contributed by atoms with Gasteiger partial charge in [-0.05, 0) is 50.6 Å². The van der Waals surface area contributed by atoms with E-state index in [1.54, 1.807) is 69.3 Å². The fourth-order valence-corrected chi connectivity index (χ4v) is 1.91. The van der Waals surface area contributed by atoms with E-state index < -0.39 is 11.2 Å². The van der Waals surface area contributed by atoms with Crippen LogP contribution in [0.3, 0.4) is 0 Å². The Labute approximate surface area is 141 Å². The lowest BCUT2D eigenvalue weighted by atomic mass is 9.97. The number of nitrogens with zero attached hydrogens (tertiary/aromatic N) is 1. The first kappa shape index (κ1) is 17.4. The molecule has 3 nitrogen and oxygen atoms in total. The van der Waals surface area contributed by atoms with Crippen molar-refractivity contribution < 1.29 is 13.9 Å². The van der Waals surface area contributed by atoms with Crippen molar-refractivity contribution in [3.05, 3.63) is 65.5 Å². The molecule has 0 fully saturated rings. The molecular weight excluding hydrogens is 305 g/mol. The van der Waals surface area contributed by atoms with Crippen molar-refractivity contribution in [2.45, 2.75) is 20.8 Å². The highest BCUT2D eigenvalue weighted by atomic mass is 19.1. The molecule has 0 N–H and O–H groups in total. The SMILES string of the molecule is CC(C)(C)C(=O)Oc1ccc(/C=C(/C#N)c2ccccc2F)cc1. The molecular formula is C20H18FNO2. The van der Waals surface area contributed by atoms with Gasteiger partial charge in [-0.1, -0.05) is 30.3 Å². The maximum atomic E-state index is 13.8. The predicted molar refractivity (Wildman–Crippen MR) is 91.4 cm³/mol. The first-order valence-electron chi connectivity index (χ1n) is 7.50. The van der Waals surface area contributed by atoms with Crippen LogP contribution in [0.15, 0.2) is 48.5 Å². The van der Waals surface area contributed by atoms with Gasteiger partial charge >= 0.3 is 5.97 Å². The fourth-order valence-electron chi connectivity index (χ4n) is 1.91. The number of carbonyl (C=O) groups is 1. The van der Waals surface area contributed by atoms with Gasteiger partial charge in [-0.15, -0.1) is 0 Å². The van der Waals surface area contributed by atoms with Crippen molar-refractivity contribution in [1.29, 1.82) is 5.26 Å². The fraction of sp³-hybridized carbons (Fsp3) is 0.200. The number of carbonyl (C=O) groups excluding carboxylic acids is 1. The largest absolute Gasteiger partial charge is 0.426 e. The van der Waals surface area contributed by atoms with E-state index in [0.29, 0.717) is 11.3 Å². The van der Waals surface area contributed by atoms with Gasteiger partial charge in [0.1, 0.15) is 11.6 Å². The average Bonchev–Trinajstić information content (AvgIpc) is 2.54. The molecule has 2 aromatic carbocycles. The second kappa shape index (κ2) is 7.10. The second-order valence-electron chi connectivity index (χ2n) is 6.36. The van der Waals surface area contributed by atoms with E-state index in [9.17, 15) is 14.4 Å². The van der Waals surface area contributed by atoms with Crippen LogP contribution in [-0.2, 0) is 4.79 Å². The van der Waals surface area contributed by atoms with Gasteiger partial charge in [0.15, 0.2) is 0 Å². The van der Waals surface area contributed by atoms with Gasteiger partial charge in [0.25, 0.3) is 0 Å².